The first kappa shape index (κ1) is 15.6. The van der Waals surface area contributed by atoms with Crippen molar-refractivity contribution in [1.29, 1.82) is 0 Å². The van der Waals surface area contributed by atoms with E-state index in [0.717, 1.165) is 11.2 Å². The highest BCUT2D eigenvalue weighted by atomic mass is 35.5. The van der Waals surface area contributed by atoms with Crippen LogP contribution < -0.4 is 0 Å². The topological polar surface area (TPSA) is 54.5 Å². The molecule has 0 aliphatic carbocycles. The summed E-state index contributed by atoms with van der Waals surface area (Å²) >= 11 is 5.35. The van der Waals surface area contributed by atoms with E-state index in [4.69, 9.17) is 11.6 Å². The molecule has 4 nitrogen and oxygen atoms in total. The van der Waals surface area contributed by atoms with Gasteiger partial charge in [-0.25, -0.2) is 17.2 Å². The van der Waals surface area contributed by atoms with E-state index in [1.165, 1.54) is 6.92 Å². The van der Waals surface area contributed by atoms with Crippen molar-refractivity contribution in [1.82, 2.24) is 4.90 Å². The number of hydrogen-bond acceptors (Lipinski definition) is 3. The molecule has 0 N–H and O–H groups in total. The molecule has 0 saturated carbocycles. The molecule has 0 aromatic heterocycles. The predicted octanol–water partition coefficient (Wildman–Crippen LogP) is 0.752. The number of halogens is 3. The van der Waals surface area contributed by atoms with Gasteiger partial charge in [0.05, 0.1) is 6.54 Å². The van der Waals surface area contributed by atoms with Crippen molar-refractivity contribution < 1.29 is 22.0 Å². The van der Waals surface area contributed by atoms with E-state index in [1.807, 2.05) is 0 Å². The van der Waals surface area contributed by atoms with Crippen LogP contribution in [0.2, 0.25) is 0 Å². The van der Waals surface area contributed by atoms with Gasteiger partial charge in [0.15, 0.2) is 9.84 Å². The molecule has 0 aliphatic heterocycles. The first-order valence-electron chi connectivity index (χ1n) is 4.52. The second-order valence-electron chi connectivity index (χ2n) is 3.34. The first-order valence-corrected chi connectivity index (χ1v) is 7.00. The van der Waals surface area contributed by atoms with E-state index in [-0.39, 0.29) is 12.4 Å². The van der Waals surface area contributed by atoms with Crippen molar-refractivity contribution in [2.24, 2.45) is 0 Å². The lowest BCUT2D eigenvalue weighted by molar-refractivity contribution is -0.132. The molecule has 0 rings (SSSR count). The maximum absolute atomic E-state index is 12.1. The zero-order valence-corrected chi connectivity index (χ0v) is 10.6. The fraction of sp³-hybridized carbons (Fsp3) is 0.875. The zero-order chi connectivity index (χ0) is 12.9. The maximum atomic E-state index is 12.1. The van der Waals surface area contributed by atoms with Crippen molar-refractivity contribution in [2.75, 3.05) is 25.2 Å². The fourth-order valence-corrected chi connectivity index (χ4v) is 1.72. The van der Waals surface area contributed by atoms with Gasteiger partial charge in [-0.05, 0) is 6.92 Å². The summed E-state index contributed by atoms with van der Waals surface area (Å²) in [6.45, 7) is 0.278. The van der Waals surface area contributed by atoms with Crippen molar-refractivity contribution in [3.05, 3.63) is 0 Å². The second-order valence-corrected chi connectivity index (χ2v) is 6.08. The summed E-state index contributed by atoms with van der Waals surface area (Å²) in [5, 5.41) is -1.32. The normalized spacial score (nSPS) is 13.9. The molecule has 16 heavy (non-hydrogen) atoms. The van der Waals surface area contributed by atoms with Crippen LogP contribution in [0.25, 0.3) is 0 Å². The number of nitrogens with zero attached hydrogens (tertiary/aromatic N) is 1. The average Bonchev–Trinajstić information content (AvgIpc) is 2.12. The van der Waals surface area contributed by atoms with Gasteiger partial charge in [0.25, 0.3) is 6.43 Å². The minimum Gasteiger partial charge on any atom is -0.335 e. The van der Waals surface area contributed by atoms with Crippen LogP contribution in [0.15, 0.2) is 0 Å². The van der Waals surface area contributed by atoms with Crippen LogP contribution in [0.5, 0.6) is 0 Å². The molecule has 0 aliphatic rings. The van der Waals surface area contributed by atoms with Gasteiger partial charge in [-0.1, -0.05) is 0 Å². The Morgan fingerprint density at radius 2 is 1.94 bits per heavy atom. The number of sulfone groups is 1. The lowest BCUT2D eigenvalue weighted by Crippen LogP contribution is -2.44. The summed E-state index contributed by atoms with van der Waals surface area (Å²) in [6, 6.07) is 0. The van der Waals surface area contributed by atoms with E-state index < -0.39 is 34.0 Å². The van der Waals surface area contributed by atoms with Crippen molar-refractivity contribution in [3.8, 4) is 0 Å². The Bertz CT molecular complexity index is 334. The van der Waals surface area contributed by atoms with Crippen LogP contribution >= 0.6 is 11.6 Å². The maximum Gasteiger partial charge on any atom is 0.255 e. The number of carbonyl (C=O) groups is 1. The van der Waals surface area contributed by atoms with E-state index in [0.29, 0.717) is 0 Å². The van der Waals surface area contributed by atoms with Crippen LogP contribution in [0.1, 0.15) is 6.92 Å². The van der Waals surface area contributed by atoms with Gasteiger partial charge in [-0.15, -0.1) is 11.6 Å². The SMILES string of the molecule is CC(C(=O)N(CCCl)CC(F)F)S(C)(=O)=O. The molecule has 0 bridgehead atoms. The van der Waals surface area contributed by atoms with Crippen LogP contribution in [0.4, 0.5) is 8.78 Å². The smallest absolute Gasteiger partial charge is 0.255 e. The molecule has 96 valence electrons. The van der Waals surface area contributed by atoms with Gasteiger partial charge >= 0.3 is 0 Å². The molecule has 0 aromatic rings. The van der Waals surface area contributed by atoms with Crippen LogP contribution in [0.3, 0.4) is 0 Å². The monoisotopic (exact) mass is 277 g/mol. The van der Waals surface area contributed by atoms with Gasteiger partial charge in [0.1, 0.15) is 5.25 Å². The van der Waals surface area contributed by atoms with E-state index in [2.05, 4.69) is 0 Å². The van der Waals surface area contributed by atoms with Gasteiger partial charge in [0.2, 0.25) is 5.91 Å². The van der Waals surface area contributed by atoms with Crippen molar-refractivity contribution in [2.45, 2.75) is 18.6 Å². The van der Waals surface area contributed by atoms with Crippen molar-refractivity contribution >= 4 is 27.3 Å². The van der Waals surface area contributed by atoms with Gasteiger partial charge < -0.3 is 4.90 Å². The van der Waals surface area contributed by atoms with Gasteiger partial charge in [-0.2, -0.15) is 0 Å². The lowest BCUT2D eigenvalue weighted by Gasteiger charge is -2.23. The number of alkyl halides is 3. The Hall–Kier alpha value is -0.430. The Balaban J connectivity index is 4.74. The third-order valence-electron chi connectivity index (χ3n) is 2.01. The molecule has 0 spiro atoms. The number of amides is 1. The second kappa shape index (κ2) is 6.34. The van der Waals surface area contributed by atoms with Crippen molar-refractivity contribution in [3.63, 3.8) is 0 Å². The minimum atomic E-state index is -3.58. The molecule has 1 atom stereocenters. The predicted molar refractivity (Wildman–Crippen MR) is 57.6 cm³/mol. The minimum absolute atomic E-state index is 0.0189. The summed E-state index contributed by atoms with van der Waals surface area (Å²) in [5.74, 6) is -0.863. The summed E-state index contributed by atoms with van der Waals surface area (Å²) in [5.41, 5.74) is 0. The summed E-state index contributed by atoms with van der Waals surface area (Å²) in [6.07, 6.45) is -1.82. The Morgan fingerprint density at radius 1 is 1.44 bits per heavy atom. The highest BCUT2D eigenvalue weighted by Crippen LogP contribution is 2.07. The zero-order valence-electron chi connectivity index (χ0n) is 8.99. The number of rotatable bonds is 6. The van der Waals surface area contributed by atoms with Crippen LogP contribution in [0, 0.1) is 0 Å². The summed E-state index contributed by atoms with van der Waals surface area (Å²) in [7, 11) is -3.58. The third-order valence-corrected chi connectivity index (χ3v) is 3.67. The Kier molecular flexibility index (Phi) is 6.17. The first-order chi connectivity index (χ1) is 7.20. The van der Waals surface area contributed by atoms with E-state index in [9.17, 15) is 22.0 Å². The van der Waals surface area contributed by atoms with E-state index in [1.54, 1.807) is 0 Å². The highest BCUT2D eigenvalue weighted by molar-refractivity contribution is 7.92. The number of carbonyl (C=O) groups excluding carboxylic acids is 1. The molecular weight excluding hydrogens is 264 g/mol. The largest absolute Gasteiger partial charge is 0.335 e. The molecular formula is C8H14ClF2NO3S. The molecule has 0 heterocycles. The lowest BCUT2D eigenvalue weighted by atomic mass is 10.3. The van der Waals surface area contributed by atoms with Gasteiger partial charge in [-0.3, -0.25) is 4.79 Å². The summed E-state index contributed by atoms with van der Waals surface area (Å²) < 4.78 is 46.5. The molecule has 0 fully saturated rings. The molecule has 8 heteroatoms. The van der Waals surface area contributed by atoms with Crippen LogP contribution in [-0.4, -0.2) is 56.1 Å². The molecule has 0 saturated heterocycles. The highest BCUT2D eigenvalue weighted by Gasteiger charge is 2.29. The Labute approximate surface area is 98.5 Å². The molecule has 0 aromatic carbocycles. The fourth-order valence-electron chi connectivity index (χ4n) is 1.00. The standard InChI is InChI=1S/C8H14ClF2NO3S/c1-6(16(2,14)15)8(13)12(4-3-9)5-7(10)11/h6-7H,3-5H2,1-2H3. The van der Waals surface area contributed by atoms with E-state index >= 15 is 0 Å². The average molecular weight is 278 g/mol. The molecule has 1 unspecified atom stereocenters. The Morgan fingerprint density at radius 3 is 2.25 bits per heavy atom. The number of hydrogen-bond donors (Lipinski definition) is 0. The third kappa shape index (κ3) is 5.07. The quantitative estimate of drug-likeness (QED) is 0.673. The summed E-state index contributed by atoms with van der Waals surface area (Å²) in [4.78, 5) is 12.3. The van der Waals surface area contributed by atoms with Crippen LogP contribution in [-0.2, 0) is 14.6 Å². The molecule has 0 radical (unpaired) electrons. The molecule has 1 amide bonds. The van der Waals surface area contributed by atoms with Gasteiger partial charge in [0, 0.05) is 18.7 Å².